The summed E-state index contributed by atoms with van der Waals surface area (Å²) in [6.07, 6.45) is 0. The van der Waals surface area contributed by atoms with Gasteiger partial charge in [0.15, 0.2) is 0 Å². The minimum atomic E-state index is 1.11. The van der Waals surface area contributed by atoms with Crippen molar-refractivity contribution in [1.82, 2.24) is 4.57 Å². The lowest BCUT2D eigenvalue weighted by Crippen LogP contribution is -2.11. The first-order chi connectivity index (χ1) is 29.3. The van der Waals surface area contributed by atoms with Crippen LogP contribution in [0.3, 0.4) is 0 Å². The quantitative estimate of drug-likeness (QED) is 0.153. The van der Waals surface area contributed by atoms with E-state index >= 15 is 0 Å². The van der Waals surface area contributed by atoms with E-state index in [1.165, 1.54) is 85.8 Å². The molecule has 3 heteroatoms. The number of hydrogen-bond donors (Lipinski definition) is 0. The van der Waals surface area contributed by atoms with E-state index in [-0.39, 0.29) is 0 Å². The van der Waals surface area contributed by atoms with E-state index in [9.17, 15) is 0 Å². The molecular weight excluding hydrogens is 733 g/mol. The molecule has 0 aliphatic carbocycles. The van der Waals surface area contributed by atoms with E-state index in [0.717, 1.165) is 22.7 Å². The number of rotatable bonds is 6. The molecule has 0 atom stereocenters. The maximum Gasteiger partial charge on any atom is 0.0554 e. The molecule has 0 bridgehead atoms. The van der Waals surface area contributed by atoms with Crippen molar-refractivity contribution in [2.45, 2.75) is 0 Å². The highest BCUT2D eigenvalue weighted by molar-refractivity contribution is 7.26. The van der Waals surface area contributed by atoms with Crippen molar-refractivity contribution in [3.8, 4) is 27.9 Å². The van der Waals surface area contributed by atoms with E-state index in [1.807, 2.05) is 11.3 Å². The number of aromatic nitrogens is 1. The van der Waals surface area contributed by atoms with Gasteiger partial charge in [-0.1, -0.05) is 152 Å². The Morgan fingerprint density at radius 2 is 0.949 bits per heavy atom. The van der Waals surface area contributed by atoms with Crippen molar-refractivity contribution in [2.24, 2.45) is 0 Å². The Balaban J connectivity index is 1.06. The van der Waals surface area contributed by atoms with Crippen LogP contribution in [0.4, 0.5) is 17.1 Å². The lowest BCUT2D eigenvalue weighted by Gasteiger charge is -2.29. The van der Waals surface area contributed by atoms with Crippen LogP contribution in [0.1, 0.15) is 0 Å². The zero-order valence-electron chi connectivity index (χ0n) is 32.1. The monoisotopic (exact) mass is 768 g/mol. The second-order valence-corrected chi connectivity index (χ2v) is 16.3. The van der Waals surface area contributed by atoms with E-state index in [0.29, 0.717) is 0 Å². The lowest BCUT2D eigenvalue weighted by atomic mass is 9.96. The van der Waals surface area contributed by atoms with Gasteiger partial charge in [0, 0.05) is 53.6 Å². The van der Waals surface area contributed by atoms with E-state index in [1.54, 1.807) is 0 Å². The average Bonchev–Trinajstić information content (AvgIpc) is 3.85. The fourth-order valence-electron chi connectivity index (χ4n) is 9.23. The molecule has 0 radical (unpaired) electrons. The molecule has 2 aromatic heterocycles. The smallest absolute Gasteiger partial charge is 0.0554 e. The van der Waals surface area contributed by atoms with E-state index in [2.05, 4.69) is 228 Å². The summed E-state index contributed by atoms with van der Waals surface area (Å²) >= 11 is 1.88. The molecule has 12 aromatic rings. The van der Waals surface area contributed by atoms with Crippen LogP contribution >= 0.6 is 11.3 Å². The zero-order chi connectivity index (χ0) is 38.9. The third-order valence-electron chi connectivity index (χ3n) is 12.0. The Morgan fingerprint density at radius 1 is 0.356 bits per heavy atom. The predicted octanol–water partition coefficient (Wildman–Crippen LogP) is 16.3. The van der Waals surface area contributed by atoms with Crippen molar-refractivity contribution in [2.75, 3.05) is 4.90 Å². The highest BCUT2D eigenvalue weighted by atomic mass is 32.1. The second-order valence-electron chi connectivity index (χ2n) is 15.3. The summed E-state index contributed by atoms with van der Waals surface area (Å²) in [5, 5.41) is 10.2. The molecule has 276 valence electrons. The van der Waals surface area contributed by atoms with Crippen molar-refractivity contribution in [3.05, 3.63) is 218 Å². The molecule has 2 nitrogen and oxygen atoms in total. The first kappa shape index (κ1) is 33.7. The summed E-state index contributed by atoms with van der Waals surface area (Å²) in [6.45, 7) is 0. The molecule has 59 heavy (non-hydrogen) atoms. The van der Waals surface area contributed by atoms with Crippen LogP contribution in [0, 0.1) is 0 Å². The van der Waals surface area contributed by atoms with Gasteiger partial charge in [-0.25, -0.2) is 0 Å². The van der Waals surface area contributed by atoms with Gasteiger partial charge in [0.1, 0.15) is 0 Å². The fourth-order valence-corrected chi connectivity index (χ4v) is 10.5. The summed E-state index contributed by atoms with van der Waals surface area (Å²) in [7, 11) is 0. The van der Waals surface area contributed by atoms with Gasteiger partial charge in [0.05, 0.1) is 16.7 Å². The molecule has 0 N–H and O–H groups in total. The Kier molecular flexibility index (Phi) is 7.75. The van der Waals surface area contributed by atoms with Crippen LogP contribution in [0.25, 0.3) is 91.5 Å². The molecule has 0 aliphatic heterocycles. The molecule has 0 spiro atoms. The normalized spacial score (nSPS) is 11.7. The van der Waals surface area contributed by atoms with Crippen LogP contribution in [0.15, 0.2) is 218 Å². The Bertz CT molecular complexity index is 3500. The molecule has 0 saturated carbocycles. The first-order valence-corrected chi connectivity index (χ1v) is 21.0. The molecule has 12 rings (SSSR count). The maximum absolute atomic E-state index is 2.44. The molecule has 0 saturated heterocycles. The van der Waals surface area contributed by atoms with Gasteiger partial charge in [0.2, 0.25) is 0 Å². The fraction of sp³-hybridized carbons (Fsp3) is 0. The largest absolute Gasteiger partial charge is 0.310 e. The number of anilines is 3. The number of fused-ring (bicyclic) bond motifs is 9. The number of hydrogen-bond acceptors (Lipinski definition) is 2. The Morgan fingerprint density at radius 3 is 1.73 bits per heavy atom. The highest BCUT2D eigenvalue weighted by Gasteiger charge is 2.22. The maximum atomic E-state index is 2.44. The van der Waals surface area contributed by atoms with Crippen LogP contribution in [-0.4, -0.2) is 4.57 Å². The van der Waals surface area contributed by atoms with Crippen molar-refractivity contribution >= 4 is 91.9 Å². The number of benzene rings is 10. The van der Waals surface area contributed by atoms with Crippen molar-refractivity contribution in [1.29, 1.82) is 0 Å². The highest BCUT2D eigenvalue weighted by Crippen LogP contribution is 2.49. The molecular formula is C56H36N2S. The van der Waals surface area contributed by atoms with Gasteiger partial charge in [-0.05, 0) is 105 Å². The van der Waals surface area contributed by atoms with Crippen molar-refractivity contribution < 1.29 is 0 Å². The SMILES string of the molecule is c1ccc(N(c2cccc(-c3ccc4ccc5ccccc5c4c3)c2)c2ccc3c(sc4ccccc43)c2-c2ccc(-n3c4ccccc4c4ccccc43)cc2)cc1. The molecule has 2 heterocycles. The second kappa shape index (κ2) is 13.6. The Labute approximate surface area is 346 Å². The summed E-state index contributed by atoms with van der Waals surface area (Å²) in [5.74, 6) is 0. The molecule has 0 amide bonds. The van der Waals surface area contributed by atoms with Crippen LogP contribution in [-0.2, 0) is 0 Å². The van der Waals surface area contributed by atoms with Crippen molar-refractivity contribution in [3.63, 3.8) is 0 Å². The van der Waals surface area contributed by atoms with Gasteiger partial charge in [-0.3, -0.25) is 0 Å². The summed E-state index contributed by atoms with van der Waals surface area (Å²) in [6, 6.07) is 80.0. The topological polar surface area (TPSA) is 8.17 Å². The van der Waals surface area contributed by atoms with Gasteiger partial charge >= 0.3 is 0 Å². The predicted molar refractivity (Wildman–Crippen MR) is 254 cm³/mol. The number of nitrogens with zero attached hydrogens (tertiary/aromatic N) is 2. The third kappa shape index (κ3) is 5.47. The van der Waals surface area contributed by atoms with Gasteiger partial charge in [-0.2, -0.15) is 0 Å². The summed E-state index contributed by atoms with van der Waals surface area (Å²) < 4.78 is 4.97. The zero-order valence-corrected chi connectivity index (χ0v) is 32.9. The van der Waals surface area contributed by atoms with Crippen LogP contribution < -0.4 is 4.90 Å². The Hall–Kier alpha value is -7.46. The van der Waals surface area contributed by atoms with E-state index in [4.69, 9.17) is 0 Å². The van der Waals surface area contributed by atoms with Gasteiger partial charge in [0.25, 0.3) is 0 Å². The number of thiophene rings is 1. The first-order valence-electron chi connectivity index (χ1n) is 20.2. The third-order valence-corrected chi connectivity index (χ3v) is 13.2. The average molecular weight is 769 g/mol. The molecule has 0 fully saturated rings. The standard InChI is InChI=1S/C56H36N2S/c1-2-15-42(16-3-1)57(44-17-12-14-40(35-44)41-28-27-38-26-25-37-13-4-5-18-45(37)50(38)36-41)53-34-33-49-48-21-8-11-24-54(48)59-56(49)55(53)39-29-31-43(32-30-39)58-51-22-9-6-19-46(51)47-20-7-10-23-52(47)58/h1-36H. The van der Waals surface area contributed by atoms with Gasteiger partial charge in [-0.15, -0.1) is 11.3 Å². The van der Waals surface area contributed by atoms with Crippen LogP contribution in [0.5, 0.6) is 0 Å². The van der Waals surface area contributed by atoms with Crippen LogP contribution in [0.2, 0.25) is 0 Å². The molecule has 10 aromatic carbocycles. The minimum absolute atomic E-state index is 1.11. The molecule has 0 aliphatic rings. The number of para-hydroxylation sites is 3. The minimum Gasteiger partial charge on any atom is -0.310 e. The summed E-state index contributed by atoms with van der Waals surface area (Å²) in [4.78, 5) is 2.44. The molecule has 0 unspecified atom stereocenters. The van der Waals surface area contributed by atoms with Gasteiger partial charge < -0.3 is 9.47 Å². The lowest BCUT2D eigenvalue weighted by molar-refractivity contribution is 1.18. The summed E-state index contributed by atoms with van der Waals surface area (Å²) in [5.41, 5.74) is 11.7. The van der Waals surface area contributed by atoms with E-state index < -0.39 is 0 Å².